The van der Waals surface area contributed by atoms with Gasteiger partial charge in [0.25, 0.3) is 0 Å². The molecule has 1 heterocycles. The summed E-state index contributed by atoms with van der Waals surface area (Å²) in [6.45, 7) is 4.43. The highest BCUT2D eigenvalue weighted by molar-refractivity contribution is 5.58. The van der Waals surface area contributed by atoms with Gasteiger partial charge in [-0.05, 0) is 32.4 Å². The van der Waals surface area contributed by atoms with Gasteiger partial charge in [0, 0.05) is 0 Å². The van der Waals surface area contributed by atoms with Crippen LogP contribution in [0.1, 0.15) is 32.6 Å². The van der Waals surface area contributed by atoms with Gasteiger partial charge >= 0.3 is 0 Å². The molecular weight excluding hydrogens is 138 g/mol. The largest absolute Gasteiger partial charge is 0.302 e. The third-order valence-corrected chi connectivity index (χ3v) is 2.37. The van der Waals surface area contributed by atoms with E-state index in [1.807, 2.05) is 0 Å². The number of rotatable bonds is 4. The molecule has 1 fully saturated rings. The molecule has 2 heteroatoms. The van der Waals surface area contributed by atoms with Crippen LogP contribution < -0.4 is 0 Å². The molecule has 2 nitrogen and oxygen atoms in total. The van der Waals surface area contributed by atoms with E-state index in [4.69, 9.17) is 0 Å². The van der Waals surface area contributed by atoms with E-state index in [1.165, 1.54) is 19.3 Å². The number of aldehydes is 1. The van der Waals surface area contributed by atoms with Crippen molar-refractivity contribution in [3.63, 3.8) is 0 Å². The zero-order valence-electron chi connectivity index (χ0n) is 7.25. The smallest absolute Gasteiger partial charge is 0.137 e. The second kappa shape index (κ2) is 4.50. The maximum Gasteiger partial charge on any atom is 0.137 e. The molecule has 0 aliphatic carbocycles. The van der Waals surface area contributed by atoms with Gasteiger partial charge in [0.1, 0.15) is 6.29 Å². The van der Waals surface area contributed by atoms with Crippen molar-refractivity contribution < 1.29 is 4.79 Å². The first-order chi connectivity index (χ1) is 5.38. The molecule has 1 unspecified atom stereocenters. The summed E-state index contributed by atoms with van der Waals surface area (Å²) >= 11 is 0. The molecule has 0 saturated carbocycles. The van der Waals surface area contributed by atoms with Crippen molar-refractivity contribution in [2.24, 2.45) is 0 Å². The average Bonchev–Trinajstić information content (AvgIpc) is 2.47. The normalized spacial score (nSPS) is 25.7. The van der Waals surface area contributed by atoms with Crippen molar-refractivity contribution in [1.82, 2.24) is 4.90 Å². The highest BCUT2D eigenvalue weighted by Crippen LogP contribution is 2.15. The van der Waals surface area contributed by atoms with Gasteiger partial charge in [-0.15, -0.1) is 0 Å². The number of hydrogen-bond acceptors (Lipinski definition) is 2. The van der Waals surface area contributed by atoms with Gasteiger partial charge in [0.05, 0.1) is 6.04 Å². The summed E-state index contributed by atoms with van der Waals surface area (Å²) in [4.78, 5) is 12.8. The van der Waals surface area contributed by atoms with Crippen LogP contribution in [-0.2, 0) is 4.79 Å². The highest BCUT2D eigenvalue weighted by Gasteiger charge is 2.22. The number of hydrogen-bond donors (Lipinski definition) is 0. The lowest BCUT2D eigenvalue weighted by Crippen LogP contribution is -2.31. The van der Waals surface area contributed by atoms with Gasteiger partial charge in [0.2, 0.25) is 0 Å². The summed E-state index contributed by atoms with van der Waals surface area (Å²) in [7, 11) is 0. The topological polar surface area (TPSA) is 20.3 Å². The summed E-state index contributed by atoms with van der Waals surface area (Å²) in [5.41, 5.74) is 0. The molecule has 1 rings (SSSR count). The van der Waals surface area contributed by atoms with Crippen LogP contribution >= 0.6 is 0 Å². The molecule has 11 heavy (non-hydrogen) atoms. The first kappa shape index (κ1) is 8.72. The lowest BCUT2D eigenvalue weighted by Gasteiger charge is -2.18. The molecule has 0 bridgehead atoms. The van der Waals surface area contributed by atoms with Crippen LogP contribution in [-0.4, -0.2) is 30.3 Å². The highest BCUT2D eigenvalue weighted by atomic mass is 16.1. The Labute approximate surface area is 68.6 Å². The van der Waals surface area contributed by atoms with Gasteiger partial charge in [-0.2, -0.15) is 0 Å². The summed E-state index contributed by atoms with van der Waals surface area (Å²) in [5.74, 6) is 0. The zero-order valence-corrected chi connectivity index (χ0v) is 7.25. The number of carbonyl (C=O) groups excluding carboxylic acids is 1. The quantitative estimate of drug-likeness (QED) is 0.573. The minimum Gasteiger partial charge on any atom is -0.302 e. The molecule has 0 aromatic rings. The molecular formula is C9H17NO. The summed E-state index contributed by atoms with van der Waals surface area (Å²) in [5, 5.41) is 0. The van der Waals surface area contributed by atoms with Crippen LogP contribution in [0.25, 0.3) is 0 Å². The Bertz CT molecular complexity index is 125. The third kappa shape index (κ3) is 2.29. The Morgan fingerprint density at radius 1 is 1.64 bits per heavy atom. The lowest BCUT2D eigenvalue weighted by atomic mass is 10.2. The van der Waals surface area contributed by atoms with Crippen molar-refractivity contribution in [1.29, 1.82) is 0 Å². The monoisotopic (exact) mass is 155 g/mol. The van der Waals surface area contributed by atoms with Crippen LogP contribution in [0.3, 0.4) is 0 Å². The maximum atomic E-state index is 10.5. The maximum absolute atomic E-state index is 10.5. The number of nitrogens with zero attached hydrogens (tertiary/aromatic N) is 1. The van der Waals surface area contributed by atoms with Crippen molar-refractivity contribution in [3.8, 4) is 0 Å². The minimum atomic E-state index is 0.238. The SMILES string of the molecule is CCCCN1CCCC1C=O. The van der Waals surface area contributed by atoms with Crippen LogP contribution in [0.4, 0.5) is 0 Å². The number of unbranched alkanes of at least 4 members (excludes halogenated alkanes) is 1. The Kier molecular flexibility index (Phi) is 3.57. The summed E-state index contributed by atoms with van der Waals surface area (Å²) < 4.78 is 0. The Balaban J connectivity index is 2.25. The van der Waals surface area contributed by atoms with Crippen LogP contribution in [0.5, 0.6) is 0 Å². The van der Waals surface area contributed by atoms with Crippen molar-refractivity contribution in [2.45, 2.75) is 38.6 Å². The fourth-order valence-electron chi connectivity index (χ4n) is 1.64. The van der Waals surface area contributed by atoms with E-state index in [1.54, 1.807) is 0 Å². The average molecular weight is 155 g/mol. The fourth-order valence-corrected chi connectivity index (χ4v) is 1.64. The second-order valence-electron chi connectivity index (χ2n) is 3.24. The van der Waals surface area contributed by atoms with E-state index < -0.39 is 0 Å². The fraction of sp³-hybridized carbons (Fsp3) is 0.889. The first-order valence-electron chi connectivity index (χ1n) is 4.58. The minimum absolute atomic E-state index is 0.238. The molecule has 0 N–H and O–H groups in total. The predicted molar refractivity (Wildman–Crippen MR) is 45.6 cm³/mol. The molecule has 64 valence electrons. The lowest BCUT2D eigenvalue weighted by molar-refractivity contribution is -0.111. The standard InChI is InChI=1S/C9H17NO/c1-2-3-6-10-7-4-5-9(10)8-11/h8-9H,2-7H2,1H3. The molecule has 1 atom stereocenters. The van der Waals surface area contributed by atoms with E-state index in [9.17, 15) is 4.79 Å². The van der Waals surface area contributed by atoms with E-state index in [-0.39, 0.29) is 6.04 Å². The summed E-state index contributed by atoms with van der Waals surface area (Å²) in [6, 6.07) is 0.238. The molecule has 0 spiro atoms. The molecule has 1 aliphatic heterocycles. The molecule has 0 aromatic heterocycles. The predicted octanol–water partition coefficient (Wildman–Crippen LogP) is 1.45. The van der Waals surface area contributed by atoms with Crippen molar-refractivity contribution in [2.75, 3.05) is 13.1 Å². The Morgan fingerprint density at radius 2 is 2.45 bits per heavy atom. The van der Waals surface area contributed by atoms with Crippen LogP contribution in [0, 0.1) is 0 Å². The van der Waals surface area contributed by atoms with E-state index >= 15 is 0 Å². The van der Waals surface area contributed by atoms with Gasteiger partial charge in [-0.1, -0.05) is 13.3 Å². The van der Waals surface area contributed by atoms with E-state index in [0.717, 1.165) is 25.8 Å². The van der Waals surface area contributed by atoms with Gasteiger partial charge < -0.3 is 4.79 Å². The van der Waals surface area contributed by atoms with E-state index in [2.05, 4.69) is 11.8 Å². The number of likely N-dealkylation sites (tertiary alicyclic amines) is 1. The molecule has 0 amide bonds. The third-order valence-electron chi connectivity index (χ3n) is 2.37. The summed E-state index contributed by atoms with van der Waals surface area (Å²) in [6.07, 6.45) is 5.83. The van der Waals surface area contributed by atoms with Crippen molar-refractivity contribution in [3.05, 3.63) is 0 Å². The molecule has 0 radical (unpaired) electrons. The van der Waals surface area contributed by atoms with Crippen LogP contribution in [0.15, 0.2) is 0 Å². The Morgan fingerprint density at radius 3 is 3.09 bits per heavy atom. The molecule has 0 aromatic carbocycles. The molecule has 1 saturated heterocycles. The van der Waals surface area contributed by atoms with Gasteiger partial charge in [-0.3, -0.25) is 4.90 Å². The van der Waals surface area contributed by atoms with Crippen LogP contribution in [0.2, 0.25) is 0 Å². The zero-order chi connectivity index (χ0) is 8.10. The van der Waals surface area contributed by atoms with E-state index in [0.29, 0.717) is 0 Å². The first-order valence-corrected chi connectivity index (χ1v) is 4.58. The number of carbonyl (C=O) groups is 1. The van der Waals surface area contributed by atoms with Crippen molar-refractivity contribution >= 4 is 6.29 Å². The Hall–Kier alpha value is -0.370. The van der Waals surface area contributed by atoms with Gasteiger partial charge in [0.15, 0.2) is 0 Å². The van der Waals surface area contributed by atoms with Gasteiger partial charge in [-0.25, -0.2) is 0 Å². The molecule has 1 aliphatic rings. The second-order valence-corrected chi connectivity index (χ2v) is 3.24.